The summed E-state index contributed by atoms with van der Waals surface area (Å²) in [5.74, 6) is -0.173. The van der Waals surface area contributed by atoms with Crippen LogP contribution in [0.1, 0.15) is 76.1 Å². The number of hydrogen-bond donors (Lipinski definition) is 2. The van der Waals surface area contributed by atoms with Crippen molar-refractivity contribution in [2.45, 2.75) is 88.8 Å². The molecule has 19 heteroatoms. The lowest BCUT2D eigenvalue weighted by Gasteiger charge is -2.20. The zero-order chi connectivity index (χ0) is 50.5. The number of ether oxygens (including phenoxy) is 3. The molecule has 17 nitrogen and oxygen atoms in total. The molecule has 0 amide bonds. The van der Waals surface area contributed by atoms with E-state index in [1.807, 2.05) is 94.8 Å². The molecule has 0 aliphatic carbocycles. The van der Waals surface area contributed by atoms with Gasteiger partial charge in [-0.15, -0.1) is 0 Å². The lowest BCUT2D eigenvalue weighted by molar-refractivity contribution is -0.146. The van der Waals surface area contributed by atoms with E-state index in [2.05, 4.69) is 11.7 Å². The number of aliphatic hydroxyl groups excluding tert-OH is 1. The SMILES string of the molecule is C=Cc1cc(OCC)ccc1S(=O)(=O)N1C[C@@H](C)[C@@H](n2nc(CC(=O)OC(C)C)c3ccccc32)C1.CCOc1ccc(S(=O)(=O)N2C[C@@H](C)[C@@H](n3nc(CC(=O)O)c4ccccc43)C2)c(CCO)c1. The molecule has 6 aromatic rings. The molecule has 2 aliphatic heterocycles. The minimum Gasteiger partial charge on any atom is -0.494 e. The van der Waals surface area contributed by atoms with Gasteiger partial charge in [-0.1, -0.05) is 62.9 Å². The molecule has 2 aromatic heterocycles. The molecule has 0 unspecified atom stereocenters. The molecule has 2 N–H and O–H groups in total. The topological polar surface area (TPSA) is 213 Å². The number of para-hydroxylation sites is 2. The lowest BCUT2D eigenvalue weighted by Crippen LogP contribution is -2.30. The summed E-state index contributed by atoms with van der Waals surface area (Å²) >= 11 is 0. The first kappa shape index (κ1) is 51.7. The van der Waals surface area contributed by atoms with E-state index in [0.717, 1.165) is 21.8 Å². The Balaban J connectivity index is 0.000000207. The van der Waals surface area contributed by atoms with Crippen molar-refractivity contribution in [2.75, 3.05) is 46.0 Å². The molecule has 8 rings (SSSR count). The molecular weight excluding hydrogens is 937 g/mol. The molecular formula is C51H62N6O11S2. The van der Waals surface area contributed by atoms with Crippen LogP contribution in [0.4, 0.5) is 0 Å². The second-order valence-electron chi connectivity index (χ2n) is 17.8. The summed E-state index contributed by atoms with van der Waals surface area (Å²) in [5, 5.41) is 29.8. The van der Waals surface area contributed by atoms with E-state index in [9.17, 15) is 36.6 Å². The average Bonchev–Trinajstić information content (AvgIpc) is 4.10. The number of carboxylic acid groups (broad SMARTS) is 1. The molecule has 4 heterocycles. The van der Waals surface area contributed by atoms with Crippen molar-refractivity contribution >= 4 is 59.9 Å². The number of carbonyl (C=O) groups excluding carboxylic acids is 1. The number of esters is 1. The van der Waals surface area contributed by atoms with Crippen molar-refractivity contribution < 1.29 is 50.8 Å². The summed E-state index contributed by atoms with van der Waals surface area (Å²) in [4.78, 5) is 24.1. The highest BCUT2D eigenvalue weighted by molar-refractivity contribution is 7.89. The van der Waals surface area contributed by atoms with Gasteiger partial charge in [0.1, 0.15) is 11.5 Å². The van der Waals surface area contributed by atoms with Crippen LogP contribution in [0, 0.1) is 11.8 Å². The molecule has 2 fully saturated rings. The van der Waals surface area contributed by atoms with E-state index in [1.165, 1.54) is 20.8 Å². The lowest BCUT2D eigenvalue weighted by atomic mass is 10.1. The van der Waals surface area contributed by atoms with Crippen LogP contribution in [0.15, 0.2) is 101 Å². The highest BCUT2D eigenvalue weighted by atomic mass is 32.2. The van der Waals surface area contributed by atoms with Gasteiger partial charge in [0.2, 0.25) is 20.0 Å². The van der Waals surface area contributed by atoms with Crippen LogP contribution < -0.4 is 9.47 Å². The van der Waals surface area contributed by atoms with Crippen LogP contribution in [0.3, 0.4) is 0 Å². The number of rotatable bonds is 18. The summed E-state index contributed by atoms with van der Waals surface area (Å²) in [7, 11) is -7.61. The Morgan fingerprint density at radius 2 is 1.21 bits per heavy atom. The quantitative estimate of drug-likeness (QED) is 0.0838. The molecule has 0 spiro atoms. The molecule has 2 aliphatic rings. The first-order valence-corrected chi connectivity index (χ1v) is 26.4. The standard InChI is InChI=1S/C27H33N3O5S.C24H29N3O6S/c1-6-20-14-21(34-7-2)12-13-26(20)36(32,33)29-16-19(5)25(17-29)30-24-11-9-8-10-22(24)23(28-30)15-27(31)35-18(3)4;1-3-33-18-8-9-23(17(12-18)10-11-28)34(31,32)26-14-16(2)22(15-26)27-21-7-5-4-6-19(21)20(25-27)13-24(29)30/h6,8-14,18-19,25H,1,7,15-17H2,2-5H3;4-9,12,16,22,28H,3,10-11,13-15H2,1-2H3,(H,29,30)/t19-,25+;16-,22+/m11/s1. The van der Waals surface area contributed by atoms with Crippen molar-refractivity contribution in [3.05, 3.63) is 114 Å². The molecule has 0 saturated carbocycles. The second-order valence-corrected chi connectivity index (χ2v) is 21.7. The third-order valence-electron chi connectivity index (χ3n) is 12.6. The third-order valence-corrected chi connectivity index (χ3v) is 16.4. The predicted octanol–water partition coefficient (Wildman–Crippen LogP) is 6.93. The van der Waals surface area contributed by atoms with Gasteiger partial charge < -0.3 is 24.4 Å². The van der Waals surface area contributed by atoms with Gasteiger partial charge in [0.15, 0.2) is 0 Å². The smallest absolute Gasteiger partial charge is 0.312 e. The number of fused-ring (bicyclic) bond motifs is 2. The summed E-state index contributed by atoms with van der Waals surface area (Å²) in [5.41, 5.74) is 3.77. The average molecular weight is 999 g/mol. The molecule has 374 valence electrons. The van der Waals surface area contributed by atoms with Crippen molar-refractivity contribution in [1.82, 2.24) is 28.2 Å². The number of aliphatic carboxylic acids is 1. The van der Waals surface area contributed by atoms with Crippen molar-refractivity contribution in [1.29, 1.82) is 0 Å². The van der Waals surface area contributed by atoms with E-state index in [0.29, 0.717) is 60.3 Å². The van der Waals surface area contributed by atoms with Gasteiger partial charge in [0.25, 0.3) is 0 Å². The fourth-order valence-electron chi connectivity index (χ4n) is 9.34. The van der Waals surface area contributed by atoms with E-state index in [4.69, 9.17) is 19.3 Å². The summed E-state index contributed by atoms with van der Waals surface area (Å²) < 4.78 is 77.6. The number of hydrogen-bond acceptors (Lipinski definition) is 12. The van der Waals surface area contributed by atoms with E-state index < -0.39 is 26.0 Å². The third kappa shape index (κ3) is 10.9. The van der Waals surface area contributed by atoms with Crippen molar-refractivity contribution in [3.63, 3.8) is 0 Å². The van der Waals surface area contributed by atoms with Crippen LogP contribution in [-0.4, -0.2) is 119 Å². The maximum Gasteiger partial charge on any atom is 0.312 e. The number of aromatic nitrogens is 4. The number of aliphatic hydroxyl groups is 1. The Morgan fingerprint density at radius 1 is 0.729 bits per heavy atom. The summed E-state index contributed by atoms with van der Waals surface area (Å²) in [6, 6.07) is 24.5. The summed E-state index contributed by atoms with van der Waals surface area (Å²) in [6.45, 7) is 17.1. The number of carboxylic acids is 1. The Bertz CT molecular complexity index is 3100. The zero-order valence-electron chi connectivity index (χ0n) is 40.4. The van der Waals surface area contributed by atoms with E-state index >= 15 is 0 Å². The van der Waals surface area contributed by atoms with Crippen LogP contribution >= 0.6 is 0 Å². The number of carbonyl (C=O) groups is 2. The van der Waals surface area contributed by atoms with Gasteiger partial charge in [-0.3, -0.25) is 19.0 Å². The Kier molecular flexibility index (Phi) is 16.2. The molecule has 4 atom stereocenters. The van der Waals surface area contributed by atoms with Gasteiger partial charge in [-0.2, -0.15) is 18.8 Å². The second kappa shape index (κ2) is 21.9. The number of nitrogens with zero attached hydrogens (tertiary/aromatic N) is 6. The fourth-order valence-corrected chi connectivity index (χ4v) is 12.9. The Labute approximate surface area is 409 Å². The minimum absolute atomic E-state index is 0.00780. The Morgan fingerprint density at radius 3 is 1.70 bits per heavy atom. The first-order valence-electron chi connectivity index (χ1n) is 23.5. The van der Waals surface area contributed by atoms with E-state index in [-0.39, 0.29) is 84.7 Å². The fraction of sp³-hybridized carbons (Fsp3) is 0.412. The van der Waals surface area contributed by atoms with Crippen LogP contribution in [0.25, 0.3) is 27.9 Å². The van der Waals surface area contributed by atoms with Crippen molar-refractivity contribution in [2.24, 2.45) is 11.8 Å². The minimum atomic E-state index is -3.83. The molecule has 0 bridgehead atoms. The summed E-state index contributed by atoms with van der Waals surface area (Å²) in [6.07, 6.45) is 1.39. The highest BCUT2D eigenvalue weighted by Gasteiger charge is 2.42. The normalized spacial score (nSPS) is 18.8. The maximum absolute atomic E-state index is 13.7. The Hall–Kier alpha value is -6.12. The van der Waals surface area contributed by atoms with Gasteiger partial charge >= 0.3 is 11.9 Å². The predicted molar refractivity (Wildman–Crippen MR) is 266 cm³/mol. The largest absolute Gasteiger partial charge is 0.494 e. The molecule has 0 radical (unpaired) electrons. The highest BCUT2D eigenvalue weighted by Crippen LogP contribution is 2.38. The maximum atomic E-state index is 13.7. The number of benzene rings is 4. The van der Waals surface area contributed by atoms with Crippen molar-refractivity contribution in [3.8, 4) is 11.5 Å². The molecule has 70 heavy (non-hydrogen) atoms. The number of sulfonamides is 2. The van der Waals surface area contributed by atoms with E-state index in [1.54, 1.807) is 35.0 Å². The van der Waals surface area contributed by atoms with Crippen LogP contribution in [-0.2, 0) is 53.6 Å². The monoisotopic (exact) mass is 998 g/mol. The van der Waals surface area contributed by atoms with Crippen LogP contribution in [0.2, 0.25) is 0 Å². The van der Waals surface area contributed by atoms with Gasteiger partial charge in [0, 0.05) is 43.6 Å². The van der Waals surface area contributed by atoms with Gasteiger partial charge in [-0.05, 0) is 106 Å². The first-order chi connectivity index (χ1) is 33.4. The molecule has 4 aromatic carbocycles. The zero-order valence-corrected chi connectivity index (χ0v) is 42.0. The molecule has 2 saturated heterocycles. The van der Waals surface area contributed by atoms with Gasteiger partial charge in [-0.25, -0.2) is 16.8 Å². The van der Waals surface area contributed by atoms with Gasteiger partial charge in [0.05, 0.1) is 76.5 Å². The van der Waals surface area contributed by atoms with Crippen LogP contribution in [0.5, 0.6) is 11.5 Å².